The second kappa shape index (κ2) is 5.85. The van der Waals surface area contributed by atoms with E-state index in [9.17, 15) is 4.79 Å². The van der Waals surface area contributed by atoms with E-state index in [1.807, 2.05) is 28.8 Å². The van der Waals surface area contributed by atoms with Crippen molar-refractivity contribution in [1.82, 2.24) is 4.57 Å². The third kappa shape index (κ3) is 2.72. The van der Waals surface area contributed by atoms with Gasteiger partial charge >= 0.3 is 5.97 Å². The first-order valence-electron chi connectivity index (χ1n) is 7.01. The Kier molecular flexibility index (Phi) is 3.90. The summed E-state index contributed by atoms with van der Waals surface area (Å²) in [6, 6.07) is 15.7. The Balaban J connectivity index is 2.12. The van der Waals surface area contributed by atoms with Gasteiger partial charge in [-0.2, -0.15) is 0 Å². The number of carbonyl (C=O) groups excluding carboxylic acids is 1. The molecule has 0 fully saturated rings. The van der Waals surface area contributed by atoms with Gasteiger partial charge in [0.15, 0.2) is 0 Å². The third-order valence-electron chi connectivity index (χ3n) is 3.72. The molecule has 0 amide bonds. The standard InChI is InChI=1S/C18H16ClNO2/c1-12-3-5-13(6-4-12)11-20-16-8-7-15(19)9-14(16)10-17(20)18(21)22-2/h3-10H,11H2,1-2H3. The Labute approximate surface area is 134 Å². The summed E-state index contributed by atoms with van der Waals surface area (Å²) in [6.07, 6.45) is 0. The van der Waals surface area contributed by atoms with Crippen LogP contribution in [0.2, 0.25) is 5.02 Å². The maximum atomic E-state index is 12.1. The van der Waals surface area contributed by atoms with Crippen molar-refractivity contribution in [2.45, 2.75) is 13.5 Å². The van der Waals surface area contributed by atoms with Gasteiger partial charge < -0.3 is 9.30 Å². The van der Waals surface area contributed by atoms with Gasteiger partial charge in [0.25, 0.3) is 0 Å². The van der Waals surface area contributed by atoms with Crippen molar-refractivity contribution in [3.05, 3.63) is 70.4 Å². The van der Waals surface area contributed by atoms with Gasteiger partial charge in [-0.1, -0.05) is 41.4 Å². The number of aryl methyl sites for hydroxylation is 1. The van der Waals surface area contributed by atoms with E-state index >= 15 is 0 Å². The average Bonchev–Trinajstić information content (AvgIpc) is 2.86. The van der Waals surface area contributed by atoms with Crippen LogP contribution in [0.25, 0.3) is 10.9 Å². The molecule has 0 unspecified atom stereocenters. The summed E-state index contributed by atoms with van der Waals surface area (Å²) in [5.74, 6) is -0.348. The maximum Gasteiger partial charge on any atom is 0.354 e. The summed E-state index contributed by atoms with van der Waals surface area (Å²) in [7, 11) is 1.39. The smallest absolute Gasteiger partial charge is 0.354 e. The number of aromatic nitrogens is 1. The van der Waals surface area contributed by atoms with Crippen molar-refractivity contribution < 1.29 is 9.53 Å². The second-order valence-electron chi connectivity index (χ2n) is 5.30. The first-order valence-corrected chi connectivity index (χ1v) is 7.39. The van der Waals surface area contributed by atoms with Gasteiger partial charge in [-0.05, 0) is 36.8 Å². The topological polar surface area (TPSA) is 31.2 Å². The molecule has 22 heavy (non-hydrogen) atoms. The van der Waals surface area contributed by atoms with Crippen LogP contribution in [0.4, 0.5) is 0 Å². The predicted octanol–water partition coefficient (Wildman–Crippen LogP) is 4.44. The Bertz CT molecular complexity index is 834. The molecule has 3 rings (SSSR count). The van der Waals surface area contributed by atoms with Crippen molar-refractivity contribution in [2.75, 3.05) is 7.11 Å². The molecule has 1 aromatic heterocycles. The summed E-state index contributed by atoms with van der Waals surface area (Å²) in [5.41, 5.74) is 3.83. The molecule has 0 saturated heterocycles. The highest BCUT2D eigenvalue weighted by Crippen LogP contribution is 2.25. The molecule has 4 heteroatoms. The summed E-state index contributed by atoms with van der Waals surface area (Å²) >= 11 is 6.05. The molecule has 0 aliphatic rings. The molecule has 1 heterocycles. The monoisotopic (exact) mass is 313 g/mol. The number of carbonyl (C=O) groups is 1. The van der Waals surface area contributed by atoms with Crippen LogP contribution in [-0.2, 0) is 11.3 Å². The van der Waals surface area contributed by atoms with Gasteiger partial charge in [0.2, 0.25) is 0 Å². The van der Waals surface area contributed by atoms with E-state index in [4.69, 9.17) is 16.3 Å². The number of hydrogen-bond acceptors (Lipinski definition) is 2. The number of halogens is 1. The lowest BCUT2D eigenvalue weighted by Crippen LogP contribution is -2.11. The number of ether oxygens (including phenoxy) is 1. The first kappa shape index (κ1) is 14.7. The van der Waals surface area contributed by atoms with Crippen LogP contribution in [0.3, 0.4) is 0 Å². The minimum Gasteiger partial charge on any atom is -0.464 e. The highest BCUT2D eigenvalue weighted by molar-refractivity contribution is 6.31. The number of esters is 1. The zero-order valence-corrected chi connectivity index (χ0v) is 13.2. The van der Waals surface area contributed by atoms with Crippen LogP contribution in [0.5, 0.6) is 0 Å². The number of nitrogens with zero attached hydrogens (tertiary/aromatic N) is 1. The van der Waals surface area contributed by atoms with Crippen molar-refractivity contribution in [1.29, 1.82) is 0 Å². The fourth-order valence-corrected chi connectivity index (χ4v) is 2.74. The van der Waals surface area contributed by atoms with E-state index in [0.717, 1.165) is 16.5 Å². The Morgan fingerprint density at radius 1 is 1.14 bits per heavy atom. The Hall–Kier alpha value is -2.26. The molecule has 0 radical (unpaired) electrons. The summed E-state index contributed by atoms with van der Waals surface area (Å²) in [4.78, 5) is 12.1. The molecule has 0 bridgehead atoms. The first-order chi connectivity index (χ1) is 10.6. The molecule has 112 valence electrons. The number of methoxy groups -OCH3 is 1. The van der Waals surface area contributed by atoms with Crippen molar-refractivity contribution in [2.24, 2.45) is 0 Å². The maximum absolute atomic E-state index is 12.1. The Morgan fingerprint density at radius 3 is 2.55 bits per heavy atom. The molecule has 2 aromatic carbocycles. The third-order valence-corrected chi connectivity index (χ3v) is 3.95. The van der Waals surface area contributed by atoms with Gasteiger partial charge in [0.05, 0.1) is 7.11 Å². The van der Waals surface area contributed by atoms with Crippen LogP contribution in [0, 0.1) is 6.92 Å². The summed E-state index contributed by atoms with van der Waals surface area (Å²) < 4.78 is 6.86. The van der Waals surface area contributed by atoms with E-state index in [0.29, 0.717) is 17.3 Å². The molecule has 0 saturated carbocycles. The number of rotatable bonds is 3. The minimum atomic E-state index is -0.348. The van der Waals surface area contributed by atoms with Crippen LogP contribution >= 0.6 is 11.6 Å². The largest absolute Gasteiger partial charge is 0.464 e. The van der Waals surface area contributed by atoms with E-state index in [1.54, 1.807) is 0 Å². The second-order valence-corrected chi connectivity index (χ2v) is 5.73. The number of fused-ring (bicyclic) bond motifs is 1. The SMILES string of the molecule is COC(=O)c1cc2cc(Cl)ccc2n1Cc1ccc(C)cc1. The van der Waals surface area contributed by atoms with Crippen LogP contribution < -0.4 is 0 Å². The van der Waals surface area contributed by atoms with Gasteiger partial charge in [0, 0.05) is 22.5 Å². The normalized spacial score (nSPS) is 10.9. The fraction of sp³-hybridized carbons (Fsp3) is 0.167. The van der Waals surface area contributed by atoms with Gasteiger partial charge in [-0.3, -0.25) is 0 Å². The lowest BCUT2D eigenvalue weighted by atomic mass is 10.1. The average molecular weight is 314 g/mol. The molecule has 0 aliphatic heterocycles. The number of benzene rings is 2. The molecule has 3 nitrogen and oxygen atoms in total. The molecule has 3 aromatic rings. The molecule has 0 atom stereocenters. The molecule has 0 aliphatic carbocycles. The Morgan fingerprint density at radius 2 is 1.86 bits per heavy atom. The van der Waals surface area contributed by atoms with Gasteiger partial charge in [-0.15, -0.1) is 0 Å². The van der Waals surface area contributed by atoms with Crippen molar-refractivity contribution >= 4 is 28.5 Å². The van der Waals surface area contributed by atoms with E-state index in [2.05, 4.69) is 31.2 Å². The van der Waals surface area contributed by atoms with Gasteiger partial charge in [0.1, 0.15) is 5.69 Å². The fourth-order valence-electron chi connectivity index (χ4n) is 2.56. The van der Waals surface area contributed by atoms with Gasteiger partial charge in [-0.25, -0.2) is 4.79 Å². The van der Waals surface area contributed by atoms with Crippen molar-refractivity contribution in [3.63, 3.8) is 0 Å². The molecule has 0 N–H and O–H groups in total. The molecular formula is C18H16ClNO2. The van der Waals surface area contributed by atoms with E-state index in [-0.39, 0.29) is 5.97 Å². The minimum absolute atomic E-state index is 0.348. The summed E-state index contributed by atoms with van der Waals surface area (Å²) in [5, 5.41) is 1.58. The quantitative estimate of drug-likeness (QED) is 0.669. The zero-order valence-electron chi connectivity index (χ0n) is 12.5. The molecule has 0 spiro atoms. The lowest BCUT2D eigenvalue weighted by molar-refractivity contribution is 0.0589. The highest BCUT2D eigenvalue weighted by Gasteiger charge is 2.16. The zero-order chi connectivity index (χ0) is 15.7. The van der Waals surface area contributed by atoms with Crippen LogP contribution in [-0.4, -0.2) is 17.6 Å². The highest BCUT2D eigenvalue weighted by atomic mass is 35.5. The van der Waals surface area contributed by atoms with Crippen LogP contribution in [0.15, 0.2) is 48.5 Å². The van der Waals surface area contributed by atoms with E-state index in [1.165, 1.54) is 12.7 Å². The lowest BCUT2D eigenvalue weighted by Gasteiger charge is -2.10. The van der Waals surface area contributed by atoms with E-state index < -0.39 is 0 Å². The summed E-state index contributed by atoms with van der Waals surface area (Å²) in [6.45, 7) is 2.66. The molecular weight excluding hydrogens is 298 g/mol. The number of hydrogen-bond donors (Lipinski definition) is 0. The van der Waals surface area contributed by atoms with Crippen LogP contribution in [0.1, 0.15) is 21.6 Å². The van der Waals surface area contributed by atoms with Crippen molar-refractivity contribution in [3.8, 4) is 0 Å². The predicted molar refractivity (Wildman–Crippen MR) is 88.6 cm³/mol.